The van der Waals surface area contributed by atoms with Gasteiger partial charge in [0.05, 0.1) is 13.7 Å². The summed E-state index contributed by atoms with van der Waals surface area (Å²) in [7, 11) is 1.59. The lowest BCUT2D eigenvalue weighted by atomic mass is 10.0. The minimum atomic E-state index is -0.0234. The quantitative estimate of drug-likeness (QED) is 0.801. The van der Waals surface area contributed by atoms with Crippen molar-refractivity contribution in [2.75, 3.05) is 7.11 Å². The number of carbonyl (C=O) groups excluding carboxylic acids is 1. The average molecular weight is 208 g/mol. The maximum atomic E-state index is 10.9. The van der Waals surface area contributed by atoms with Gasteiger partial charge in [0.2, 0.25) is 0 Å². The average Bonchev–Trinajstić information content (AvgIpc) is 2.25. The monoisotopic (exact) mass is 208 g/mol. The fourth-order valence-electron chi connectivity index (χ4n) is 1.43. The standard InChI is InChI=1S/C12H16O3/c1-9(14)3-4-10-5-6-12(15-2)7-11(10)8-13/h5-7,13H,3-4,8H2,1-2H3. The number of benzene rings is 1. The lowest BCUT2D eigenvalue weighted by Crippen LogP contribution is -1.99. The summed E-state index contributed by atoms with van der Waals surface area (Å²) in [4.78, 5) is 10.9. The third kappa shape index (κ3) is 3.36. The van der Waals surface area contributed by atoms with E-state index in [4.69, 9.17) is 9.84 Å². The molecule has 0 unspecified atom stereocenters. The number of aliphatic hydroxyl groups excluding tert-OH is 1. The zero-order valence-electron chi connectivity index (χ0n) is 9.12. The molecular formula is C12H16O3. The number of hydrogen-bond donors (Lipinski definition) is 1. The first-order chi connectivity index (χ1) is 7.17. The van der Waals surface area contributed by atoms with Crippen LogP contribution >= 0.6 is 0 Å². The highest BCUT2D eigenvalue weighted by Gasteiger charge is 2.04. The molecule has 0 aromatic heterocycles. The highest BCUT2D eigenvalue weighted by Crippen LogP contribution is 2.19. The first-order valence-electron chi connectivity index (χ1n) is 4.93. The third-order valence-corrected chi connectivity index (χ3v) is 2.33. The maximum absolute atomic E-state index is 10.9. The summed E-state index contributed by atoms with van der Waals surface area (Å²) in [6.07, 6.45) is 1.19. The minimum absolute atomic E-state index is 0.0234. The molecule has 0 spiro atoms. The summed E-state index contributed by atoms with van der Waals surface area (Å²) < 4.78 is 5.06. The van der Waals surface area contributed by atoms with Crippen molar-refractivity contribution in [1.82, 2.24) is 0 Å². The second kappa shape index (κ2) is 5.51. The molecule has 0 aliphatic carbocycles. The summed E-state index contributed by atoms with van der Waals surface area (Å²) in [6, 6.07) is 5.54. The number of ether oxygens (including phenoxy) is 1. The number of Topliss-reactive ketones (excluding diaryl/α,β-unsaturated/α-hetero) is 1. The summed E-state index contributed by atoms with van der Waals surface area (Å²) in [6.45, 7) is 1.55. The molecule has 0 radical (unpaired) electrons. The summed E-state index contributed by atoms with van der Waals surface area (Å²) in [5.74, 6) is 0.889. The first kappa shape index (κ1) is 11.7. The lowest BCUT2D eigenvalue weighted by molar-refractivity contribution is -0.116. The Balaban J connectivity index is 2.82. The number of aliphatic hydroxyl groups is 1. The van der Waals surface area contributed by atoms with Crippen LogP contribution in [0.1, 0.15) is 24.5 Å². The molecule has 1 N–H and O–H groups in total. The van der Waals surface area contributed by atoms with E-state index in [1.54, 1.807) is 20.1 Å². The Morgan fingerprint density at radius 1 is 1.40 bits per heavy atom. The maximum Gasteiger partial charge on any atom is 0.130 e. The Morgan fingerprint density at radius 2 is 2.13 bits per heavy atom. The molecule has 3 nitrogen and oxygen atoms in total. The van der Waals surface area contributed by atoms with Crippen molar-refractivity contribution in [3.63, 3.8) is 0 Å². The Bertz CT molecular complexity index is 345. The number of methoxy groups -OCH3 is 1. The highest BCUT2D eigenvalue weighted by atomic mass is 16.5. The van der Waals surface area contributed by atoms with Crippen molar-refractivity contribution < 1.29 is 14.6 Å². The molecule has 1 aromatic carbocycles. The lowest BCUT2D eigenvalue weighted by Gasteiger charge is -2.08. The van der Waals surface area contributed by atoms with Crippen LogP contribution in [0.15, 0.2) is 18.2 Å². The Morgan fingerprint density at radius 3 is 2.67 bits per heavy atom. The van der Waals surface area contributed by atoms with E-state index in [2.05, 4.69) is 0 Å². The third-order valence-electron chi connectivity index (χ3n) is 2.33. The second-order valence-electron chi connectivity index (χ2n) is 3.49. The Labute approximate surface area is 89.7 Å². The van der Waals surface area contributed by atoms with E-state index in [1.165, 1.54) is 0 Å². The largest absolute Gasteiger partial charge is 0.497 e. The van der Waals surface area contributed by atoms with Gasteiger partial charge in [-0.05, 0) is 36.6 Å². The molecule has 0 atom stereocenters. The van der Waals surface area contributed by atoms with Crippen LogP contribution in [-0.2, 0) is 17.8 Å². The summed E-state index contributed by atoms with van der Waals surface area (Å²) in [5, 5.41) is 9.16. The molecule has 0 aliphatic rings. The second-order valence-corrected chi connectivity index (χ2v) is 3.49. The zero-order valence-corrected chi connectivity index (χ0v) is 9.12. The topological polar surface area (TPSA) is 46.5 Å². The minimum Gasteiger partial charge on any atom is -0.497 e. The van der Waals surface area contributed by atoms with Gasteiger partial charge in [-0.3, -0.25) is 0 Å². The van der Waals surface area contributed by atoms with Crippen molar-refractivity contribution in [2.45, 2.75) is 26.4 Å². The predicted molar refractivity (Wildman–Crippen MR) is 57.9 cm³/mol. The van der Waals surface area contributed by atoms with Crippen LogP contribution in [0.4, 0.5) is 0 Å². The van der Waals surface area contributed by atoms with Gasteiger partial charge in [0.15, 0.2) is 0 Å². The van der Waals surface area contributed by atoms with E-state index in [-0.39, 0.29) is 12.4 Å². The van der Waals surface area contributed by atoms with Crippen molar-refractivity contribution in [2.24, 2.45) is 0 Å². The van der Waals surface area contributed by atoms with Gasteiger partial charge in [0, 0.05) is 6.42 Å². The predicted octanol–water partition coefficient (Wildman–Crippen LogP) is 1.71. The van der Waals surface area contributed by atoms with Gasteiger partial charge in [-0.25, -0.2) is 0 Å². The van der Waals surface area contributed by atoms with Crippen molar-refractivity contribution >= 4 is 5.78 Å². The molecule has 3 heteroatoms. The van der Waals surface area contributed by atoms with Gasteiger partial charge in [0.25, 0.3) is 0 Å². The molecule has 0 heterocycles. The molecule has 1 rings (SSSR count). The van der Waals surface area contributed by atoms with Crippen LogP contribution in [0.3, 0.4) is 0 Å². The van der Waals surface area contributed by atoms with Crippen molar-refractivity contribution in [3.8, 4) is 5.75 Å². The summed E-state index contributed by atoms with van der Waals surface area (Å²) in [5.41, 5.74) is 1.84. The fourth-order valence-corrected chi connectivity index (χ4v) is 1.43. The smallest absolute Gasteiger partial charge is 0.130 e. The van der Waals surface area contributed by atoms with Crippen molar-refractivity contribution in [3.05, 3.63) is 29.3 Å². The molecule has 82 valence electrons. The molecule has 15 heavy (non-hydrogen) atoms. The highest BCUT2D eigenvalue weighted by molar-refractivity contribution is 5.75. The van der Waals surface area contributed by atoms with Gasteiger partial charge in [-0.1, -0.05) is 6.07 Å². The van der Waals surface area contributed by atoms with Crippen LogP contribution in [0.25, 0.3) is 0 Å². The van der Waals surface area contributed by atoms with Gasteiger partial charge >= 0.3 is 0 Å². The van der Waals surface area contributed by atoms with Crippen LogP contribution < -0.4 is 4.74 Å². The van der Waals surface area contributed by atoms with Crippen LogP contribution in [-0.4, -0.2) is 18.0 Å². The Kier molecular flexibility index (Phi) is 4.31. The van der Waals surface area contributed by atoms with E-state index >= 15 is 0 Å². The van der Waals surface area contributed by atoms with Crippen LogP contribution in [0.2, 0.25) is 0 Å². The SMILES string of the molecule is COc1ccc(CCC(C)=O)c(CO)c1. The number of carbonyl (C=O) groups is 1. The van der Waals surface area contributed by atoms with Crippen LogP contribution in [0.5, 0.6) is 5.75 Å². The van der Waals surface area contributed by atoms with Crippen LogP contribution in [0, 0.1) is 0 Å². The summed E-state index contributed by atoms with van der Waals surface area (Å²) >= 11 is 0. The van der Waals surface area contributed by atoms with E-state index in [0.29, 0.717) is 12.8 Å². The van der Waals surface area contributed by atoms with E-state index in [1.807, 2.05) is 12.1 Å². The molecule has 0 amide bonds. The number of ketones is 1. The van der Waals surface area contributed by atoms with Gasteiger partial charge in [-0.15, -0.1) is 0 Å². The molecule has 0 aliphatic heterocycles. The first-order valence-corrected chi connectivity index (χ1v) is 4.93. The fraction of sp³-hybridized carbons (Fsp3) is 0.417. The van der Waals surface area contributed by atoms with E-state index in [0.717, 1.165) is 16.9 Å². The van der Waals surface area contributed by atoms with E-state index in [9.17, 15) is 4.79 Å². The Hall–Kier alpha value is -1.35. The van der Waals surface area contributed by atoms with Crippen molar-refractivity contribution in [1.29, 1.82) is 0 Å². The molecule has 1 aromatic rings. The van der Waals surface area contributed by atoms with Gasteiger partial charge < -0.3 is 14.6 Å². The normalized spacial score (nSPS) is 10.1. The molecule has 0 saturated heterocycles. The molecule has 0 bridgehead atoms. The van der Waals surface area contributed by atoms with E-state index < -0.39 is 0 Å². The van der Waals surface area contributed by atoms with Gasteiger partial charge in [0.1, 0.15) is 11.5 Å². The number of rotatable bonds is 5. The molecular weight excluding hydrogens is 192 g/mol. The molecule has 0 saturated carbocycles. The zero-order chi connectivity index (χ0) is 11.3. The van der Waals surface area contributed by atoms with Gasteiger partial charge in [-0.2, -0.15) is 0 Å². The number of hydrogen-bond acceptors (Lipinski definition) is 3. The number of aryl methyl sites for hydroxylation is 1. The molecule has 0 fully saturated rings.